The zero-order valence-electron chi connectivity index (χ0n) is 13.1. The van der Waals surface area contributed by atoms with Crippen LogP contribution >= 0.6 is 35.3 Å². The molecule has 1 aromatic heterocycles. The summed E-state index contributed by atoms with van der Waals surface area (Å²) in [4.78, 5) is 4.55. The van der Waals surface area contributed by atoms with Crippen LogP contribution in [0.1, 0.15) is 10.7 Å². The first-order valence-electron chi connectivity index (χ1n) is 7.62. The SMILES string of the molecule is Cl.OC1CNCC1CNCc1csc(COc2ccc(Cl)cc2)n1. The fourth-order valence-corrected chi connectivity index (χ4v) is 3.32. The number of nitrogens with zero attached hydrogens (tertiary/aromatic N) is 1. The van der Waals surface area contributed by atoms with Crippen molar-refractivity contribution in [1.29, 1.82) is 0 Å². The third-order valence-electron chi connectivity index (χ3n) is 3.79. The largest absolute Gasteiger partial charge is 0.486 e. The predicted octanol–water partition coefficient (Wildman–Crippen LogP) is 2.47. The van der Waals surface area contributed by atoms with Gasteiger partial charge in [0.1, 0.15) is 17.4 Å². The molecule has 1 aliphatic rings. The van der Waals surface area contributed by atoms with Crippen LogP contribution in [0.5, 0.6) is 5.75 Å². The standard InChI is InChI=1S/C16H20ClN3O2S.ClH/c17-12-1-3-14(4-2-12)22-9-16-20-13(10-23-16)7-18-5-11-6-19-8-15(11)21;/h1-4,10-11,15,18-19,21H,5-9H2;1H. The highest BCUT2D eigenvalue weighted by Crippen LogP contribution is 2.18. The first kappa shape index (κ1) is 19.4. The van der Waals surface area contributed by atoms with Gasteiger partial charge in [-0.05, 0) is 24.3 Å². The van der Waals surface area contributed by atoms with Crippen molar-refractivity contribution >= 4 is 35.3 Å². The van der Waals surface area contributed by atoms with Gasteiger partial charge in [-0.3, -0.25) is 0 Å². The van der Waals surface area contributed by atoms with Crippen molar-refractivity contribution < 1.29 is 9.84 Å². The van der Waals surface area contributed by atoms with E-state index in [1.165, 1.54) is 0 Å². The van der Waals surface area contributed by atoms with Crippen molar-refractivity contribution in [2.45, 2.75) is 19.3 Å². The van der Waals surface area contributed by atoms with E-state index in [-0.39, 0.29) is 24.4 Å². The maximum absolute atomic E-state index is 9.74. The predicted molar refractivity (Wildman–Crippen MR) is 99.2 cm³/mol. The van der Waals surface area contributed by atoms with E-state index in [1.807, 2.05) is 17.5 Å². The molecule has 1 aromatic carbocycles. The smallest absolute Gasteiger partial charge is 0.140 e. The molecule has 3 rings (SSSR count). The molecule has 2 heterocycles. The number of aliphatic hydroxyl groups is 1. The van der Waals surface area contributed by atoms with E-state index < -0.39 is 0 Å². The van der Waals surface area contributed by atoms with Gasteiger partial charge in [0.15, 0.2) is 0 Å². The monoisotopic (exact) mass is 389 g/mol. The second-order valence-electron chi connectivity index (χ2n) is 5.59. The van der Waals surface area contributed by atoms with Gasteiger partial charge in [0.2, 0.25) is 0 Å². The van der Waals surface area contributed by atoms with E-state index in [0.717, 1.165) is 29.5 Å². The van der Waals surface area contributed by atoms with Gasteiger partial charge >= 0.3 is 0 Å². The third kappa shape index (κ3) is 5.58. The van der Waals surface area contributed by atoms with Gasteiger partial charge in [-0.2, -0.15) is 0 Å². The van der Waals surface area contributed by atoms with Crippen LogP contribution in [-0.2, 0) is 13.2 Å². The molecule has 1 saturated heterocycles. The van der Waals surface area contributed by atoms with Crippen LogP contribution < -0.4 is 15.4 Å². The number of ether oxygens (including phenoxy) is 1. The zero-order valence-corrected chi connectivity index (χ0v) is 15.5. The Kier molecular flexibility index (Phi) is 7.74. The number of aromatic nitrogens is 1. The number of aliphatic hydroxyl groups excluding tert-OH is 1. The van der Waals surface area contributed by atoms with Gasteiger partial charge in [0, 0.05) is 42.5 Å². The number of halogens is 2. The summed E-state index contributed by atoms with van der Waals surface area (Å²) in [6.07, 6.45) is -0.249. The van der Waals surface area contributed by atoms with Crippen LogP contribution in [0.2, 0.25) is 5.02 Å². The molecule has 8 heteroatoms. The zero-order chi connectivity index (χ0) is 16.1. The highest BCUT2D eigenvalue weighted by molar-refractivity contribution is 7.09. The Bertz CT molecular complexity index is 624. The average molecular weight is 390 g/mol. The van der Waals surface area contributed by atoms with E-state index in [1.54, 1.807) is 23.5 Å². The van der Waals surface area contributed by atoms with Crippen molar-refractivity contribution in [3.8, 4) is 5.75 Å². The summed E-state index contributed by atoms with van der Waals surface area (Å²) in [5, 5.41) is 20.0. The minimum Gasteiger partial charge on any atom is -0.486 e. The molecule has 2 atom stereocenters. The first-order chi connectivity index (χ1) is 11.2. The van der Waals surface area contributed by atoms with Crippen LogP contribution in [0.4, 0.5) is 0 Å². The molecule has 5 nitrogen and oxygen atoms in total. The molecule has 3 N–H and O–H groups in total. The average Bonchev–Trinajstić information content (AvgIpc) is 3.17. The van der Waals surface area contributed by atoms with Crippen LogP contribution in [0.15, 0.2) is 29.6 Å². The molecule has 132 valence electrons. The highest BCUT2D eigenvalue weighted by Gasteiger charge is 2.24. The molecule has 2 aromatic rings. The van der Waals surface area contributed by atoms with Crippen molar-refractivity contribution in [2.24, 2.45) is 5.92 Å². The van der Waals surface area contributed by atoms with Crippen molar-refractivity contribution in [2.75, 3.05) is 19.6 Å². The van der Waals surface area contributed by atoms with E-state index in [2.05, 4.69) is 15.6 Å². The fourth-order valence-electron chi connectivity index (χ4n) is 2.49. The fraction of sp³-hybridized carbons (Fsp3) is 0.438. The molecule has 24 heavy (non-hydrogen) atoms. The lowest BCUT2D eigenvalue weighted by atomic mass is 10.1. The van der Waals surface area contributed by atoms with Crippen molar-refractivity contribution in [1.82, 2.24) is 15.6 Å². The second kappa shape index (κ2) is 9.56. The molecule has 0 saturated carbocycles. The number of benzene rings is 1. The number of rotatable bonds is 7. The Morgan fingerprint density at radius 2 is 2.12 bits per heavy atom. The van der Waals surface area contributed by atoms with E-state index >= 15 is 0 Å². The van der Waals surface area contributed by atoms with Gasteiger partial charge in [-0.1, -0.05) is 11.6 Å². The van der Waals surface area contributed by atoms with E-state index in [9.17, 15) is 5.11 Å². The van der Waals surface area contributed by atoms with E-state index in [4.69, 9.17) is 16.3 Å². The Morgan fingerprint density at radius 3 is 2.83 bits per heavy atom. The number of β-amino-alcohol motifs (C(OH)–C–C–N with tert-alkyl or cyclic N) is 1. The van der Waals surface area contributed by atoms with Gasteiger partial charge in [-0.15, -0.1) is 23.7 Å². The maximum Gasteiger partial charge on any atom is 0.140 e. The summed E-state index contributed by atoms with van der Waals surface area (Å²) < 4.78 is 5.69. The van der Waals surface area contributed by atoms with Crippen molar-refractivity contribution in [3.05, 3.63) is 45.4 Å². The van der Waals surface area contributed by atoms with Gasteiger partial charge in [0.05, 0.1) is 11.8 Å². The van der Waals surface area contributed by atoms with Crippen LogP contribution in [0.25, 0.3) is 0 Å². The number of thiazole rings is 1. The maximum atomic E-state index is 9.74. The molecule has 0 radical (unpaired) electrons. The molecule has 2 unspecified atom stereocenters. The number of hydrogen-bond acceptors (Lipinski definition) is 6. The second-order valence-corrected chi connectivity index (χ2v) is 6.97. The summed E-state index contributed by atoms with van der Waals surface area (Å²) in [6, 6.07) is 7.31. The summed E-state index contributed by atoms with van der Waals surface area (Å²) in [7, 11) is 0. The molecule has 1 aliphatic heterocycles. The Hall–Kier alpha value is -0.890. The third-order valence-corrected chi connectivity index (χ3v) is 4.92. The topological polar surface area (TPSA) is 66.4 Å². The first-order valence-corrected chi connectivity index (χ1v) is 8.87. The summed E-state index contributed by atoms with van der Waals surface area (Å²) in [5.41, 5.74) is 1.00. The van der Waals surface area contributed by atoms with Gasteiger partial charge in [0.25, 0.3) is 0 Å². The quantitative estimate of drug-likeness (QED) is 0.678. The summed E-state index contributed by atoms with van der Waals surface area (Å²) in [6.45, 7) is 3.52. The lowest BCUT2D eigenvalue weighted by molar-refractivity contribution is 0.146. The normalized spacial score (nSPS) is 19.9. The Morgan fingerprint density at radius 1 is 1.33 bits per heavy atom. The Labute approximate surface area is 156 Å². The van der Waals surface area contributed by atoms with Crippen molar-refractivity contribution in [3.63, 3.8) is 0 Å². The minimum absolute atomic E-state index is 0. The Balaban J connectivity index is 0.00000208. The lowest BCUT2D eigenvalue weighted by Crippen LogP contribution is -2.30. The number of hydrogen-bond donors (Lipinski definition) is 3. The molecule has 0 aliphatic carbocycles. The summed E-state index contributed by atoms with van der Waals surface area (Å²) in [5.74, 6) is 1.06. The minimum atomic E-state index is -0.249. The molecular weight excluding hydrogens is 369 g/mol. The van der Waals surface area contributed by atoms with Gasteiger partial charge in [-0.25, -0.2) is 4.98 Å². The van der Waals surface area contributed by atoms with Crippen LogP contribution in [-0.4, -0.2) is 35.8 Å². The molecule has 0 bridgehead atoms. The van der Waals surface area contributed by atoms with Gasteiger partial charge < -0.3 is 20.5 Å². The summed E-state index contributed by atoms with van der Waals surface area (Å²) >= 11 is 7.44. The highest BCUT2D eigenvalue weighted by atomic mass is 35.5. The molecule has 0 amide bonds. The molecular formula is C16H21Cl2N3O2S. The molecule has 0 spiro atoms. The molecule has 1 fully saturated rings. The van der Waals surface area contributed by atoms with E-state index in [0.29, 0.717) is 24.7 Å². The lowest BCUT2D eigenvalue weighted by Gasteiger charge is -2.13. The van der Waals surface area contributed by atoms with Crippen LogP contribution in [0, 0.1) is 5.92 Å². The van der Waals surface area contributed by atoms with Crippen LogP contribution in [0.3, 0.4) is 0 Å². The number of nitrogens with one attached hydrogen (secondary N) is 2.